The molecular formula is C16H23NO3. The summed E-state index contributed by atoms with van der Waals surface area (Å²) in [5.41, 5.74) is 1.62. The first-order valence-corrected chi connectivity index (χ1v) is 7.16. The maximum Gasteiger partial charge on any atom is 0.338 e. The van der Waals surface area contributed by atoms with Gasteiger partial charge in [0.1, 0.15) is 0 Å². The Bertz CT molecular complexity index is 461. The fourth-order valence-electron chi connectivity index (χ4n) is 2.82. The van der Waals surface area contributed by atoms with E-state index in [1.807, 2.05) is 18.2 Å². The molecule has 2 atom stereocenters. The van der Waals surface area contributed by atoms with E-state index in [0.29, 0.717) is 17.5 Å². The second kappa shape index (κ2) is 6.86. The topological polar surface area (TPSA) is 49.8 Å². The van der Waals surface area contributed by atoms with Gasteiger partial charge in [-0.3, -0.25) is 4.90 Å². The lowest BCUT2D eigenvalue weighted by Gasteiger charge is -2.37. The van der Waals surface area contributed by atoms with Gasteiger partial charge >= 0.3 is 5.97 Å². The van der Waals surface area contributed by atoms with Gasteiger partial charge in [-0.05, 0) is 37.3 Å². The van der Waals surface area contributed by atoms with E-state index in [1.54, 1.807) is 6.07 Å². The summed E-state index contributed by atoms with van der Waals surface area (Å²) >= 11 is 0. The maximum absolute atomic E-state index is 11.8. The molecule has 0 bridgehead atoms. The first-order valence-electron chi connectivity index (χ1n) is 7.16. The minimum Gasteiger partial charge on any atom is -0.465 e. The zero-order chi connectivity index (χ0) is 14.5. The third kappa shape index (κ3) is 3.38. The molecule has 110 valence electrons. The summed E-state index contributed by atoms with van der Waals surface area (Å²) in [4.78, 5) is 14.1. The monoisotopic (exact) mass is 277 g/mol. The molecule has 0 spiro atoms. The third-order valence-corrected chi connectivity index (χ3v) is 4.16. The maximum atomic E-state index is 11.8. The average Bonchev–Trinajstić information content (AvgIpc) is 2.49. The molecule has 1 aromatic rings. The number of hydrogen-bond donors (Lipinski definition) is 1. The quantitative estimate of drug-likeness (QED) is 0.856. The van der Waals surface area contributed by atoms with E-state index >= 15 is 0 Å². The fourth-order valence-corrected chi connectivity index (χ4v) is 2.82. The van der Waals surface area contributed by atoms with Crippen molar-refractivity contribution in [2.45, 2.75) is 32.4 Å². The van der Waals surface area contributed by atoms with Crippen LogP contribution in [0.2, 0.25) is 0 Å². The minimum atomic E-state index is -0.288. The van der Waals surface area contributed by atoms with Gasteiger partial charge in [0.15, 0.2) is 0 Å². The highest BCUT2D eigenvalue weighted by Crippen LogP contribution is 2.24. The number of hydrogen-bond acceptors (Lipinski definition) is 4. The van der Waals surface area contributed by atoms with Gasteiger partial charge < -0.3 is 9.84 Å². The number of rotatable bonds is 4. The number of aliphatic hydroxyl groups excluding tert-OH is 1. The molecule has 1 aromatic carbocycles. The summed E-state index contributed by atoms with van der Waals surface area (Å²) in [7, 11) is 1.41. The molecule has 0 radical (unpaired) electrons. The van der Waals surface area contributed by atoms with Crippen molar-refractivity contribution in [3.8, 4) is 0 Å². The van der Waals surface area contributed by atoms with Crippen molar-refractivity contribution in [1.29, 1.82) is 0 Å². The van der Waals surface area contributed by atoms with Crippen LogP contribution >= 0.6 is 0 Å². The van der Waals surface area contributed by atoms with Gasteiger partial charge in [-0.2, -0.15) is 0 Å². The van der Waals surface area contributed by atoms with Crippen LogP contribution in [-0.2, 0) is 11.3 Å². The van der Waals surface area contributed by atoms with Gasteiger partial charge in [-0.15, -0.1) is 0 Å². The van der Waals surface area contributed by atoms with Crippen molar-refractivity contribution in [2.24, 2.45) is 5.92 Å². The first-order chi connectivity index (χ1) is 9.65. The molecule has 1 aliphatic heterocycles. The number of nitrogens with zero attached hydrogens (tertiary/aromatic N) is 1. The molecule has 0 aliphatic carbocycles. The molecule has 1 saturated heterocycles. The van der Waals surface area contributed by atoms with Crippen LogP contribution in [0, 0.1) is 5.92 Å². The molecule has 0 amide bonds. The summed E-state index contributed by atoms with van der Waals surface area (Å²) in [5, 5.41) is 9.34. The Hall–Kier alpha value is -1.39. The molecule has 1 fully saturated rings. The number of benzene rings is 1. The van der Waals surface area contributed by atoms with Crippen LogP contribution in [-0.4, -0.2) is 42.3 Å². The van der Waals surface area contributed by atoms with Crippen molar-refractivity contribution < 1.29 is 14.6 Å². The molecule has 1 aliphatic rings. The molecule has 1 N–H and O–H groups in total. The van der Waals surface area contributed by atoms with Crippen LogP contribution in [0.1, 0.15) is 35.7 Å². The van der Waals surface area contributed by atoms with E-state index in [2.05, 4.69) is 11.8 Å². The van der Waals surface area contributed by atoms with E-state index in [9.17, 15) is 9.90 Å². The molecule has 0 saturated carbocycles. The normalized spacial score (nSPS) is 23.6. The van der Waals surface area contributed by atoms with Gasteiger partial charge in [0.2, 0.25) is 0 Å². The highest BCUT2D eigenvalue weighted by atomic mass is 16.5. The Labute approximate surface area is 120 Å². The van der Waals surface area contributed by atoms with Crippen LogP contribution in [0.5, 0.6) is 0 Å². The fraction of sp³-hybridized carbons (Fsp3) is 0.562. The lowest BCUT2D eigenvalue weighted by atomic mass is 9.93. The number of aliphatic hydroxyl groups is 1. The summed E-state index contributed by atoms with van der Waals surface area (Å²) in [6.07, 6.45) is 2.17. The van der Waals surface area contributed by atoms with Crippen molar-refractivity contribution in [1.82, 2.24) is 4.90 Å². The number of piperidine rings is 1. The number of carbonyl (C=O) groups excluding carboxylic acids is 1. The SMILES string of the molecule is COC(=O)c1ccccc1CN1CC(CO)CCC1C. The molecule has 2 unspecified atom stereocenters. The van der Waals surface area contributed by atoms with Crippen molar-refractivity contribution in [3.63, 3.8) is 0 Å². The smallest absolute Gasteiger partial charge is 0.338 e. The van der Waals surface area contributed by atoms with E-state index < -0.39 is 0 Å². The minimum absolute atomic E-state index is 0.238. The second-order valence-electron chi connectivity index (χ2n) is 5.55. The second-order valence-corrected chi connectivity index (χ2v) is 5.55. The molecule has 4 nitrogen and oxygen atoms in total. The van der Waals surface area contributed by atoms with Gasteiger partial charge in [-0.1, -0.05) is 18.2 Å². The number of methoxy groups -OCH3 is 1. The lowest BCUT2D eigenvalue weighted by molar-refractivity contribution is 0.0588. The Morgan fingerprint density at radius 1 is 1.40 bits per heavy atom. The zero-order valence-electron chi connectivity index (χ0n) is 12.2. The predicted octanol–water partition coefficient (Wildman–Crippen LogP) is 2.07. The van der Waals surface area contributed by atoms with E-state index in [4.69, 9.17) is 4.74 Å². The average molecular weight is 277 g/mol. The van der Waals surface area contributed by atoms with Crippen LogP contribution in [0.4, 0.5) is 0 Å². The Kier molecular flexibility index (Phi) is 5.15. The number of ether oxygens (including phenoxy) is 1. The van der Waals surface area contributed by atoms with Gasteiger partial charge in [0.05, 0.1) is 12.7 Å². The summed E-state index contributed by atoms with van der Waals surface area (Å²) in [5.74, 6) is 0.0560. The lowest BCUT2D eigenvalue weighted by Crippen LogP contribution is -2.42. The number of likely N-dealkylation sites (tertiary alicyclic amines) is 1. The molecular weight excluding hydrogens is 254 g/mol. The molecule has 1 heterocycles. The molecule has 2 rings (SSSR count). The Morgan fingerprint density at radius 2 is 2.15 bits per heavy atom. The predicted molar refractivity (Wildman–Crippen MR) is 77.5 cm³/mol. The third-order valence-electron chi connectivity index (χ3n) is 4.16. The van der Waals surface area contributed by atoms with Gasteiger partial charge in [-0.25, -0.2) is 4.79 Å². The van der Waals surface area contributed by atoms with E-state index in [0.717, 1.165) is 31.5 Å². The highest BCUT2D eigenvalue weighted by molar-refractivity contribution is 5.90. The molecule has 20 heavy (non-hydrogen) atoms. The first kappa shape index (κ1) is 15.0. The van der Waals surface area contributed by atoms with Gasteiger partial charge in [0, 0.05) is 25.7 Å². The van der Waals surface area contributed by atoms with E-state index in [-0.39, 0.29) is 12.6 Å². The number of carbonyl (C=O) groups is 1. The molecule has 0 aromatic heterocycles. The van der Waals surface area contributed by atoms with Gasteiger partial charge in [0.25, 0.3) is 0 Å². The summed E-state index contributed by atoms with van der Waals surface area (Å²) < 4.78 is 4.84. The van der Waals surface area contributed by atoms with Crippen molar-refractivity contribution in [2.75, 3.05) is 20.3 Å². The van der Waals surface area contributed by atoms with Crippen LogP contribution in [0.25, 0.3) is 0 Å². The van der Waals surface area contributed by atoms with Crippen molar-refractivity contribution in [3.05, 3.63) is 35.4 Å². The highest BCUT2D eigenvalue weighted by Gasteiger charge is 2.26. The van der Waals surface area contributed by atoms with Crippen LogP contribution in [0.3, 0.4) is 0 Å². The van der Waals surface area contributed by atoms with E-state index in [1.165, 1.54) is 7.11 Å². The summed E-state index contributed by atoms with van der Waals surface area (Å²) in [6, 6.07) is 8.05. The summed E-state index contributed by atoms with van der Waals surface area (Å²) in [6.45, 7) is 4.05. The Balaban J connectivity index is 2.14. The zero-order valence-corrected chi connectivity index (χ0v) is 12.2. The van der Waals surface area contributed by atoms with Crippen LogP contribution < -0.4 is 0 Å². The molecule has 4 heteroatoms. The number of esters is 1. The standard InChI is InChI=1S/C16H23NO3/c1-12-7-8-13(11-18)9-17(12)10-14-5-3-4-6-15(14)16(19)20-2/h3-6,12-13,18H,7-11H2,1-2H3. The largest absolute Gasteiger partial charge is 0.465 e. The Morgan fingerprint density at radius 3 is 2.85 bits per heavy atom. The van der Waals surface area contributed by atoms with Crippen LogP contribution in [0.15, 0.2) is 24.3 Å². The van der Waals surface area contributed by atoms with Crippen molar-refractivity contribution >= 4 is 5.97 Å².